The number of methoxy groups -OCH3 is 1. The van der Waals surface area contributed by atoms with Crippen LogP contribution in [0.25, 0.3) is 0 Å². The van der Waals surface area contributed by atoms with Crippen molar-refractivity contribution in [3.05, 3.63) is 70.3 Å². The van der Waals surface area contributed by atoms with Crippen LogP contribution in [0.4, 0.5) is 8.78 Å². The first-order valence-electron chi connectivity index (χ1n) is 6.88. The minimum atomic E-state index is -0.346. The van der Waals surface area contributed by atoms with Crippen LogP contribution >= 0.6 is 15.9 Å². The SMILES string of the molecule is COCc1cc(F)ccc1C#N.C[O-].N#Cc1ccc(F)cc1CBr.[Na+]. The molecule has 0 aromatic heterocycles. The molecule has 0 aliphatic carbocycles. The predicted octanol–water partition coefficient (Wildman–Crippen LogP) is 0.417. The minimum absolute atomic E-state index is 0. The van der Waals surface area contributed by atoms with Crippen LogP contribution < -0.4 is 34.7 Å². The van der Waals surface area contributed by atoms with Crippen molar-refractivity contribution < 1.29 is 48.2 Å². The summed E-state index contributed by atoms with van der Waals surface area (Å²) in [6, 6.07) is 12.1. The van der Waals surface area contributed by atoms with Crippen molar-refractivity contribution in [2.45, 2.75) is 11.9 Å². The van der Waals surface area contributed by atoms with Crippen LogP contribution in [0.2, 0.25) is 0 Å². The molecule has 0 amide bonds. The van der Waals surface area contributed by atoms with Crippen LogP contribution in [-0.4, -0.2) is 14.2 Å². The van der Waals surface area contributed by atoms with Gasteiger partial charge in [0.15, 0.2) is 0 Å². The minimum Gasteiger partial charge on any atom is -0.857 e. The summed E-state index contributed by atoms with van der Waals surface area (Å²) in [5.41, 5.74) is 2.24. The van der Waals surface area contributed by atoms with Gasteiger partial charge in [-0.2, -0.15) is 17.6 Å². The molecule has 0 saturated heterocycles. The van der Waals surface area contributed by atoms with E-state index in [1.807, 2.05) is 12.1 Å². The van der Waals surface area contributed by atoms with Crippen molar-refractivity contribution in [3.8, 4) is 12.1 Å². The molecule has 0 radical (unpaired) electrons. The fourth-order valence-electron chi connectivity index (χ4n) is 1.73. The molecule has 26 heavy (non-hydrogen) atoms. The molecular formula is C18H16BrF2N2NaO2. The fraction of sp³-hybridized carbons (Fsp3) is 0.222. The molecule has 0 N–H and O–H groups in total. The molecule has 2 aromatic carbocycles. The predicted molar refractivity (Wildman–Crippen MR) is 91.5 cm³/mol. The van der Waals surface area contributed by atoms with Gasteiger partial charge in [0.1, 0.15) is 11.6 Å². The number of alkyl halides is 1. The molecule has 0 saturated carbocycles. The van der Waals surface area contributed by atoms with E-state index in [2.05, 4.69) is 15.9 Å². The topological polar surface area (TPSA) is 79.9 Å². The maximum Gasteiger partial charge on any atom is 1.00 e. The standard InChI is InChI=1S/C9H8FNO.C8H5BrFN.CH3O.Na/c1-12-6-8-4-9(10)3-2-7(8)5-11;9-4-7-3-8(10)2-1-6(7)5-11;1-2;/h2-4H,6H2,1H3;1-3H,4H2;1H3;/q;;-1;+1. The van der Waals surface area contributed by atoms with Crippen molar-refractivity contribution in [3.63, 3.8) is 0 Å². The van der Waals surface area contributed by atoms with Crippen molar-refractivity contribution in [2.75, 3.05) is 14.2 Å². The number of hydrogen-bond acceptors (Lipinski definition) is 4. The van der Waals surface area contributed by atoms with E-state index in [1.54, 1.807) is 0 Å². The zero-order valence-corrected chi connectivity index (χ0v) is 18.3. The maximum atomic E-state index is 12.6. The Bertz CT molecular complexity index is 762. The number of ether oxygens (including phenoxy) is 1. The summed E-state index contributed by atoms with van der Waals surface area (Å²) in [5, 5.41) is 25.9. The Kier molecular flexibility index (Phi) is 16.5. The summed E-state index contributed by atoms with van der Waals surface area (Å²) < 4.78 is 30.0. The first-order valence-corrected chi connectivity index (χ1v) is 8.00. The van der Waals surface area contributed by atoms with Crippen LogP contribution in [0, 0.1) is 34.3 Å². The van der Waals surface area contributed by atoms with E-state index in [0.717, 1.165) is 7.11 Å². The Hall–Kier alpha value is -1.32. The second-order valence-electron chi connectivity index (χ2n) is 4.39. The molecule has 0 bridgehead atoms. The number of halogens is 3. The van der Waals surface area contributed by atoms with Gasteiger partial charge in [0.2, 0.25) is 0 Å². The summed E-state index contributed by atoms with van der Waals surface area (Å²) in [6.45, 7) is 0.265. The number of rotatable bonds is 3. The summed E-state index contributed by atoms with van der Waals surface area (Å²) in [7, 11) is 2.26. The van der Waals surface area contributed by atoms with Crippen LogP contribution in [0.3, 0.4) is 0 Å². The molecule has 132 valence electrons. The second kappa shape index (κ2) is 15.9. The average Bonchev–Trinajstić information content (AvgIpc) is 2.64. The third-order valence-electron chi connectivity index (χ3n) is 2.82. The van der Waals surface area contributed by atoms with E-state index in [1.165, 1.54) is 43.5 Å². The molecule has 0 heterocycles. The Morgan fingerprint density at radius 2 is 1.38 bits per heavy atom. The third-order valence-corrected chi connectivity index (χ3v) is 3.42. The van der Waals surface area contributed by atoms with Gasteiger partial charge in [-0.25, -0.2) is 8.78 Å². The summed E-state index contributed by atoms with van der Waals surface area (Å²) in [6.07, 6.45) is 0. The van der Waals surface area contributed by atoms with E-state index in [0.29, 0.717) is 27.6 Å². The van der Waals surface area contributed by atoms with Gasteiger partial charge in [0.25, 0.3) is 0 Å². The Labute approximate surface area is 182 Å². The van der Waals surface area contributed by atoms with Gasteiger partial charge in [0, 0.05) is 12.4 Å². The van der Waals surface area contributed by atoms with Gasteiger partial charge in [-0.3, -0.25) is 0 Å². The van der Waals surface area contributed by atoms with Gasteiger partial charge < -0.3 is 9.84 Å². The van der Waals surface area contributed by atoms with Gasteiger partial charge in [-0.1, -0.05) is 15.9 Å². The first kappa shape index (κ1) is 26.9. The van der Waals surface area contributed by atoms with Gasteiger partial charge >= 0.3 is 29.6 Å². The molecule has 0 spiro atoms. The smallest absolute Gasteiger partial charge is 0.857 e. The van der Waals surface area contributed by atoms with Crippen molar-refractivity contribution in [1.82, 2.24) is 0 Å². The summed E-state index contributed by atoms with van der Waals surface area (Å²) >= 11 is 3.17. The number of hydrogen-bond donors (Lipinski definition) is 0. The van der Waals surface area contributed by atoms with Crippen LogP contribution in [0.15, 0.2) is 36.4 Å². The fourth-order valence-corrected chi connectivity index (χ4v) is 2.19. The second-order valence-corrected chi connectivity index (χ2v) is 4.95. The molecule has 0 unspecified atom stereocenters. The van der Waals surface area contributed by atoms with Crippen molar-refractivity contribution in [1.29, 1.82) is 10.5 Å². The Morgan fingerprint density at radius 3 is 1.77 bits per heavy atom. The number of nitriles is 2. The number of benzene rings is 2. The molecule has 0 aliphatic rings. The first-order chi connectivity index (χ1) is 12.0. The molecule has 2 rings (SSSR count). The zero-order chi connectivity index (χ0) is 19.2. The van der Waals surface area contributed by atoms with E-state index in [9.17, 15) is 8.78 Å². The van der Waals surface area contributed by atoms with E-state index < -0.39 is 0 Å². The molecule has 0 atom stereocenters. The molecule has 2 aromatic rings. The zero-order valence-electron chi connectivity index (χ0n) is 14.7. The van der Waals surface area contributed by atoms with E-state index in [4.69, 9.17) is 20.4 Å². The maximum absolute atomic E-state index is 12.6. The van der Waals surface area contributed by atoms with Gasteiger partial charge in [-0.15, -0.1) is 0 Å². The van der Waals surface area contributed by atoms with E-state index in [-0.39, 0.29) is 47.8 Å². The molecule has 8 heteroatoms. The largest absolute Gasteiger partial charge is 1.00 e. The molecular weight excluding hydrogens is 417 g/mol. The van der Waals surface area contributed by atoms with Crippen LogP contribution in [0.1, 0.15) is 22.3 Å². The monoisotopic (exact) mass is 432 g/mol. The quantitative estimate of drug-likeness (QED) is 0.519. The van der Waals surface area contributed by atoms with Gasteiger partial charge in [-0.05, 0) is 47.5 Å². The average molecular weight is 433 g/mol. The van der Waals surface area contributed by atoms with Crippen molar-refractivity contribution >= 4 is 15.9 Å². The molecule has 0 fully saturated rings. The Morgan fingerprint density at radius 1 is 0.962 bits per heavy atom. The van der Waals surface area contributed by atoms with Gasteiger partial charge in [0.05, 0.1) is 29.9 Å². The molecule has 4 nitrogen and oxygen atoms in total. The Balaban J connectivity index is 0. The molecule has 0 aliphatic heterocycles. The third kappa shape index (κ3) is 9.40. The number of nitrogens with zero attached hydrogens (tertiary/aromatic N) is 2. The van der Waals surface area contributed by atoms with Crippen molar-refractivity contribution in [2.24, 2.45) is 0 Å². The van der Waals surface area contributed by atoms with Crippen LogP contribution in [-0.2, 0) is 16.7 Å². The normalized spacial score (nSPS) is 8.46. The summed E-state index contributed by atoms with van der Waals surface area (Å²) in [4.78, 5) is 0. The van der Waals surface area contributed by atoms with Crippen LogP contribution in [0.5, 0.6) is 0 Å². The summed E-state index contributed by atoms with van der Waals surface area (Å²) in [5.74, 6) is -0.653. The van der Waals surface area contributed by atoms with E-state index >= 15 is 0 Å².